The topological polar surface area (TPSA) is 107 Å². The number of aryl methyl sites for hydroxylation is 2. The number of likely N-dealkylation sites (tertiary alicyclic amines) is 1. The first-order valence-electron chi connectivity index (χ1n) is 17.1. The van der Waals surface area contributed by atoms with Crippen molar-refractivity contribution in [3.05, 3.63) is 141 Å². The number of amides is 4. The van der Waals surface area contributed by atoms with Gasteiger partial charge in [-0.15, -0.1) is 0 Å². The number of benzene rings is 4. The highest BCUT2D eigenvalue weighted by molar-refractivity contribution is 6.30. The third kappa shape index (κ3) is 5.00. The lowest BCUT2D eigenvalue weighted by atomic mass is 9.49. The third-order valence-corrected chi connectivity index (χ3v) is 11.6. The minimum Gasteiger partial charge on any atom is -0.507 e. The zero-order valence-electron chi connectivity index (χ0n) is 28.0. The molecule has 4 amide bonds. The Hall–Kier alpha value is -5.28. The van der Waals surface area contributed by atoms with Crippen LogP contribution < -0.4 is 5.43 Å². The molecule has 10 heteroatoms. The molecule has 0 aromatic heterocycles. The number of carbonyl (C=O) groups is 4. The summed E-state index contributed by atoms with van der Waals surface area (Å²) >= 11 is 6.37. The first-order chi connectivity index (χ1) is 24.5. The van der Waals surface area contributed by atoms with Gasteiger partial charge in [-0.1, -0.05) is 77.8 Å². The Kier molecular flexibility index (Phi) is 7.87. The van der Waals surface area contributed by atoms with E-state index >= 15 is 4.79 Å². The molecular formula is C41H35ClFN3O5. The van der Waals surface area contributed by atoms with Crippen LogP contribution in [0, 0.1) is 43.3 Å². The summed E-state index contributed by atoms with van der Waals surface area (Å²) in [6.45, 7) is 3.72. The minimum absolute atomic E-state index is 0.127. The number of nitrogens with one attached hydrogen (secondary N) is 1. The average molecular weight is 704 g/mol. The Labute approximate surface area is 299 Å². The van der Waals surface area contributed by atoms with Crippen molar-refractivity contribution in [2.45, 2.75) is 44.6 Å². The van der Waals surface area contributed by atoms with Gasteiger partial charge >= 0.3 is 0 Å². The molecule has 8 rings (SSSR count). The van der Waals surface area contributed by atoms with Gasteiger partial charge in [0.2, 0.25) is 11.8 Å². The molecule has 3 fully saturated rings. The number of phenolic OH excluding ortho intramolecular Hbond substituents is 1. The molecule has 2 N–H and O–H groups in total. The summed E-state index contributed by atoms with van der Waals surface area (Å²) in [6, 6.07) is 25.4. The summed E-state index contributed by atoms with van der Waals surface area (Å²) in [6.07, 6.45) is 2.46. The van der Waals surface area contributed by atoms with E-state index in [1.54, 1.807) is 38.1 Å². The highest BCUT2D eigenvalue weighted by Crippen LogP contribution is 2.64. The Balaban J connectivity index is 1.32. The quantitative estimate of drug-likeness (QED) is 0.166. The van der Waals surface area contributed by atoms with Crippen LogP contribution in [0.15, 0.2) is 103 Å². The van der Waals surface area contributed by atoms with Crippen molar-refractivity contribution in [3.63, 3.8) is 0 Å². The van der Waals surface area contributed by atoms with Crippen LogP contribution in [0.2, 0.25) is 5.02 Å². The lowest BCUT2D eigenvalue weighted by Gasteiger charge is -2.50. The lowest BCUT2D eigenvalue weighted by molar-refractivity contribution is -0.142. The maximum Gasteiger partial charge on any atom is 0.260 e. The van der Waals surface area contributed by atoms with Crippen LogP contribution in [0.3, 0.4) is 0 Å². The minimum atomic E-state index is -1.49. The molecule has 0 radical (unpaired) electrons. The van der Waals surface area contributed by atoms with Crippen LogP contribution in [-0.4, -0.2) is 38.6 Å². The van der Waals surface area contributed by atoms with E-state index in [0.717, 1.165) is 16.1 Å². The molecule has 1 saturated carbocycles. The molecule has 4 aliphatic rings. The highest BCUT2D eigenvalue weighted by Gasteiger charge is 2.70. The first kappa shape index (κ1) is 32.9. The molecule has 0 bridgehead atoms. The number of hydrogen-bond donors (Lipinski definition) is 2. The van der Waals surface area contributed by atoms with Gasteiger partial charge in [-0.25, -0.2) is 4.39 Å². The predicted molar refractivity (Wildman–Crippen MR) is 189 cm³/mol. The molecule has 8 nitrogen and oxygen atoms in total. The number of nitrogens with zero attached hydrogens (tertiary/aromatic N) is 2. The third-order valence-electron chi connectivity index (χ3n) is 11.4. The highest BCUT2D eigenvalue weighted by atomic mass is 35.5. The molecule has 4 aromatic carbocycles. The van der Waals surface area contributed by atoms with Gasteiger partial charge in [0.05, 0.1) is 35.4 Å². The number of imide groups is 2. The summed E-state index contributed by atoms with van der Waals surface area (Å²) in [4.78, 5) is 59.7. The van der Waals surface area contributed by atoms with Gasteiger partial charge in [-0.05, 0) is 96.8 Å². The number of hydrazine groups is 1. The molecule has 2 aliphatic heterocycles. The van der Waals surface area contributed by atoms with Crippen LogP contribution in [0.4, 0.5) is 10.1 Å². The molecule has 51 heavy (non-hydrogen) atoms. The van der Waals surface area contributed by atoms with E-state index in [2.05, 4.69) is 5.43 Å². The second-order valence-corrected chi connectivity index (χ2v) is 14.6. The van der Waals surface area contributed by atoms with E-state index in [4.69, 9.17) is 11.6 Å². The SMILES string of the molecule is Cc1cc(C2C3=CCC4C(=O)N(Cc5ccccc5)C(=O)C4C3CC3C(=O)N(Nc4ccc(F)cc4)C(=O)C32c2ccc(Cl)cc2)cc(C)c1O. The van der Waals surface area contributed by atoms with Crippen molar-refractivity contribution in [1.29, 1.82) is 0 Å². The fraction of sp³-hybridized carbons (Fsp3) is 0.268. The second kappa shape index (κ2) is 12.2. The summed E-state index contributed by atoms with van der Waals surface area (Å²) in [5.74, 6) is -5.37. The molecule has 2 saturated heterocycles. The monoisotopic (exact) mass is 703 g/mol. The van der Waals surface area contributed by atoms with Crippen molar-refractivity contribution in [2.75, 3.05) is 5.43 Å². The maximum absolute atomic E-state index is 15.3. The van der Waals surface area contributed by atoms with Gasteiger partial charge in [-0.3, -0.25) is 29.5 Å². The summed E-state index contributed by atoms with van der Waals surface area (Å²) < 4.78 is 13.9. The number of hydrogen-bond acceptors (Lipinski definition) is 6. The predicted octanol–water partition coefficient (Wildman–Crippen LogP) is 6.99. The second-order valence-electron chi connectivity index (χ2n) is 14.1. The number of allylic oxidation sites excluding steroid dienone is 2. The van der Waals surface area contributed by atoms with E-state index in [9.17, 15) is 23.9 Å². The van der Waals surface area contributed by atoms with E-state index < -0.39 is 52.6 Å². The molecule has 2 heterocycles. The summed E-state index contributed by atoms with van der Waals surface area (Å²) in [5.41, 5.74) is 5.96. The van der Waals surface area contributed by atoms with Gasteiger partial charge in [0.15, 0.2) is 0 Å². The van der Waals surface area contributed by atoms with Gasteiger partial charge < -0.3 is 5.11 Å². The van der Waals surface area contributed by atoms with Crippen molar-refractivity contribution >= 4 is 40.9 Å². The largest absolute Gasteiger partial charge is 0.507 e. The summed E-state index contributed by atoms with van der Waals surface area (Å²) in [5, 5.41) is 12.3. The molecular weight excluding hydrogens is 669 g/mol. The smallest absolute Gasteiger partial charge is 0.260 e. The first-order valence-corrected chi connectivity index (χ1v) is 17.4. The van der Waals surface area contributed by atoms with Gasteiger partial charge in [0.25, 0.3) is 11.8 Å². The number of anilines is 1. The zero-order valence-corrected chi connectivity index (χ0v) is 28.7. The Morgan fingerprint density at radius 2 is 1.53 bits per heavy atom. The standard InChI is InChI=1S/C41H35ClFN3O5/c1-22-18-25(19-23(2)36(22)47)35-30-16-17-31-34(39(50)45(37(31)48)21-24-6-4-3-5-7-24)32(30)20-33-38(49)46(44-29-14-12-28(43)13-15-29)40(51)41(33,35)26-8-10-27(42)11-9-26/h3-16,18-19,31-35,44,47H,17,20-21H2,1-2H3. The number of fused-ring (bicyclic) bond motifs is 4. The van der Waals surface area contributed by atoms with Crippen LogP contribution in [0.25, 0.3) is 0 Å². The van der Waals surface area contributed by atoms with Crippen molar-refractivity contribution < 1.29 is 28.7 Å². The molecule has 2 aliphatic carbocycles. The molecule has 0 spiro atoms. The van der Waals surface area contributed by atoms with E-state index in [1.807, 2.05) is 48.5 Å². The number of halogens is 2. The van der Waals surface area contributed by atoms with Crippen LogP contribution in [0.5, 0.6) is 5.75 Å². The Bertz CT molecular complexity index is 2110. The fourth-order valence-electron chi connectivity index (χ4n) is 9.17. The van der Waals surface area contributed by atoms with Crippen molar-refractivity contribution in [3.8, 4) is 5.75 Å². The Morgan fingerprint density at radius 3 is 2.20 bits per heavy atom. The number of rotatable bonds is 6. The van der Waals surface area contributed by atoms with Gasteiger partial charge in [-0.2, -0.15) is 5.01 Å². The molecule has 4 aromatic rings. The number of aromatic hydroxyl groups is 1. The van der Waals surface area contributed by atoms with Crippen LogP contribution >= 0.6 is 11.6 Å². The Morgan fingerprint density at radius 1 is 0.863 bits per heavy atom. The van der Waals surface area contributed by atoms with E-state index in [0.29, 0.717) is 39.4 Å². The van der Waals surface area contributed by atoms with Crippen LogP contribution in [0.1, 0.15) is 46.6 Å². The number of carbonyl (C=O) groups excluding carboxylic acids is 4. The van der Waals surface area contributed by atoms with E-state index in [-0.39, 0.29) is 30.5 Å². The fourth-order valence-corrected chi connectivity index (χ4v) is 9.30. The molecule has 6 atom stereocenters. The lowest BCUT2D eigenvalue weighted by Crippen LogP contribution is -2.53. The molecule has 6 unspecified atom stereocenters. The van der Waals surface area contributed by atoms with Crippen molar-refractivity contribution in [1.82, 2.24) is 9.91 Å². The normalized spacial score (nSPS) is 26.9. The van der Waals surface area contributed by atoms with Crippen molar-refractivity contribution in [2.24, 2.45) is 23.7 Å². The van der Waals surface area contributed by atoms with E-state index in [1.165, 1.54) is 29.2 Å². The van der Waals surface area contributed by atoms with Crippen LogP contribution in [-0.2, 0) is 31.1 Å². The average Bonchev–Trinajstić information content (AvgIpc) is 3.49. The van der Waals surface area contributed by atoms with Gasteiger partial charge in [0, 0.05) is 10.9 Å². The molecule has 258 valence electrons. The van der Waals surface area contributed by atoms with Gasteiger partial charge in [0.1, 0.15) is 11.6 Å². The summed E-state index contributed by atoms with van der Waals surface area (Å²) in [7, 11) is 0. The maximum atomic E-state index is 15.3. The zero-order chi connectivity index (χ0) is 35.8. The number of phenols is 1.